The first-order valence-electron chi connectivity index (χ1n) is 7.05. The minimum atomic E-state index is 0.870. The van der Waals surface area contributed by atoms with Gasteiger partial charge in [-0.25, -0.2) is 0 Å². The summed E-state index contributed by atoms with van der Waals surface area (Å²) >= 11 is 0. The predicted molar refractivity (Wildman–Crippen MR) is 88.7 cm³/mol. The lowest BCUT2D eigenvalue weighted by Crippen LogP contribution is -2.09. The SMILES string of the molecule is Cc1cc(C)c(CNc2cccc(N(C)C)c2)c(C)c1. The summed E-state index contributed by atoms with van der Waals surface area (Å²) in [5.74, 6) is 0. The average molecular weight is 268 g/mol. The molecule has 0 aliphatic heterocycles. The maximum atomic E-state index is 3.53. The average Bonchev–Trinajstić information content (AvgIpc) is 2.37. The lowest BCUT2D eigenvalue weighted by atomic mass is 10.00. The van der Waals surface area contributed by atoms with Gasteiger partial charge < -0.3 is 10.2 Å². The van der Waals surface area contributed by atoms with E-state index in [9.17, 15) is 0 Å². The van der Waals surface area contributed by atoms with Crippen molar-refractivity contribution in [3.63, 3.8) is 0 Å². The number of rotatable bonds is 4. The first-order chi connectivity index (χ1) is 9.47. The van der Waals surface area contributed by atoms with Gasteiger partial charge in [-0.2, -0.15) is 0 Å². The van der Waals surface area contributed by atoms with Gasteiger partial charge >= 0.3 is 0 Å². The van der Waals surface area contributed by atoms with Crippen molar-refractivity contribution in [2.75, 3.05) is 24.3 Å². The third-order valence-electron chi connectivity index (χ3n) is 3.67. The molecule has 2 aromatic rings. The van der Waals surface area contributed by atoms with E-state index in [0.29, 0.717) is 0 Å². The van der Waals surface area contributed by atoms with Crippen molar-refractivity contribution in [2.24, 2.45) is 0 Å². The van der Waals surface area contributed by atoms with E-state index in [1.54, 1.807) is 0 Å². The van der Waals surface area contributed by atoms with Crippen LogP contribution in [-0.2, 0) is 6.54 Å². The molecule has 0 fully saturated rings. The highest BCUT2D eigenvalue weighted by Crippen LogP contribution is 2.21. The van der Waals surface area contributed by atoms with E-state index in [-0.39, 0.29) is 0 Å². The van der Waals surface area contributed by atoms with E-state index < -0.39 is 0 Å². The number of benzene rings is 2. The molecule has 0 spiro atoms. The summed E-state index contributed by atoms with van der Waals surface area (Å²) in [6.07, 6.45) is 0. The number of anilines is 2. The summed E-state index contributed by atoms with van der Waals surface area (Å²) in [5, 5.41) is 3.53. The zero-order chi connectivity index (χ0) is 14.7. The van der Waals surface area contributed by atoms with Crippen LogP contribution in [0, 0.1) is 20.8 Å². The Morgan fingerprint density at radius 2 is 1.60 bits per heavy atom. The first kappa shape index (κ1) is 14.4. The second kappa shape index (κ2) is 6.00. The van der Waals surface area contributed by atoms with Crippen LogP contribution in [0.4, 0.5) is 11.4 Å². The summed E-state index contributed by atoms with van der Waals surface area (Å²) in [6, 6.07) is 13.0. The summed E-state index contributed by atoms with van der Waals surface area (Å²) in [7, 11) is 4.13. The lowest BCUT2D eigenvalue weighted by Gasteiger charge is -2.16. The highest BCUT2D eigenvalue weighted by atomic mass is 15.1. The molecule has 0 bridgehead atoms. The predicted octanol–water partition coefficient (Wildman–Crippen LogP) is 4.29. The number of nitrogens with one attached hydrogen (secondary N) is 1. The van der Waals surface area contributed by atoms with E-state index in [0.717, 1.165) is 12.2 Å². The van der Waals surface area contributed by atoms with Gasteiger partial charge in [-0.3, -0.25) is 0 Å². The Kier molecular flexibility index (Phi) is 4.33. The highest BCUT2D eigenvalue weighted by molar-refractivity contribution is 5.57. The zero-order valence-corrected chi connectivity index (χ0v) is 13.1. The Bertz CT molecular complexity index is 577. The van der Waals surface area contributed by atoms with Crippen molar-refractivity contribution < 1.29 is 0 Å². The molecule has 0 heterocycles. The lowest BCUT2D eigenvalue weighted by molar-refractivity contribution is 1.08. The van der Waals surface area contributed by atoms with Crippen LogP contribution in [0.3, 0.4) is 0 Å². The highest BCUT2D eigenvalue weighted by Gasteiger charge is 2.04. The van der Waals surface area contributed by atoms with Crippen molar-refractivity contribution in [2.45, 2.75) is 27.3 Å². The molecule has 0 atom stereocenters. The van der Waals surface area contributed by atoms with Crippen molar-refractivity contribution in [3.05, 3.63) is 58.7 Å². The van der Waals surface area contributed by atoms with Gasteiger partial charge in [-0.1, -0.05) is 23.8 Å². The first-order valence-corrected chi connectivity index (χ1v) is 7.05. The van der Waals surface area contributed by atoms with Gasteiger partial charge in [0, 0.05) is 32.0 Å². The molecule has 0 saturated carbocycles. The molecule has 106 valence electrons. The second-order valence-corrected chi connectivity index (χ2v) is 5.68. The zero-order valence-electron chi connectivity index (χ0n) is 13.1. The molecule has 20 heavy (non-hydrogen) atoms. The van der Waals surface area contributed by atoms with E-state index in [1.165, 1.54) is 27.9 Å². The van der Waals surface area contributed by atoms with Gasteiger partial charge in [0.25, 0.3) is 0 Å². The third-order valence-corrected chi connectivity index (χ3v) is 3.67. The van der Waals surface area contributed by atoms with Crippen molar-refractivity contribution >= 4 is 11.4 Å². The maximum absolute atomic E-state index is 3.53. The molecule has 0 aliphatic rings. The van der Waals surface area contributed by atoms with Crippen LogP contribution in [0.25, 0.3) is 0 Å². The smallest absolute Gasteiger partial charge is 0.0406 e. The Labute approximate surface area is 122 Å². The van der Waals surface area contributed by atoms with Gasteiger partial charge in [0.15, 0.2) is 0 Å². The Morgan fingerprint density at radius 1 is 0.950 bits per heavy atom. The molecule has 0 unspecified atom stereocenters. The molecular formula is C18H24N2. The minimum Gasteiger partial charge on any atom is -0.381 e. The van der Waals surface area contributed by atoms with Crippen molar-refractivity contribution in [3.8, 4) is 0 Å². The van der Waals surface area contributed by atoms with Gasteiger partial charge in [0.1, 0.15) is 0 Å². The van der Waals surface area contributed by atoms with Gasteiger partial charge in [0.05, 0.1) is 0 Å². The summed E-state index contributed by atoms with van der Waals surface area (Å²) in [5.41, 5.74) is 7.82. The standard InChI is InChI=1S/C18H24N2/c1-13-9-14(2)18(15(3)10-13)12-19-16-7-6-8-17(11-16)20(4)5/h6-11,19H,12H2,1-5H3. The molecule has 0 radical (unpaired) electrons. The summed E-state index contributed by atoms with van der Waals surface area (Å²) < 4.78 is 0. The summed E-state index contributed by atoms with van der Waals surface area (Å²) in [4.78, 5) is 2.12. The third kappa shape index (κ3) is 3.32. The maximum Gasteiger partial charge on any atom is 0.0406 e. The fourth-order valence-corrected chi connectivity index (χ4v) is 2.57. The van der Waals surface area contributed by atoms with Crippen LogP contribution in [0.1, 0.15) is 22.3 Å². The molecule has 2 rings (SSSR count). The number of hydrogen-bond donors (Lipinski definition) is 1. The van der Waals surface area contributed by atoms with E-state index in [4.69, 9.17) is 0 Å². The molecular weight excluding hydrogens is 244 g/mol. The Balaban J connectivity index is 2.15. The monoisotopic (exact) mass is 268 g/mol. The van der Waals surface area contributed by atoms with Crippen LogP contribution in [-0.4, -0.2) is 14.1 Å². The van der Waals surface area contributed by atoms with Crippen LogP contribution < -0.4 is 10.2 Å². The van der Waals surface area contributed by atoms with Crippen molar-refractivity contribution in [1.29, 1.82) is 0 Å². The molecule has 0 amide bonds. The Hall–Kier alpha value is -1.96. The van der Waals surface area contributed by atoms with Crippen LogP contribution in [0.15, 0.2) is 36.4 Å². The number of aryl methyl sites for hydroxylation is 3. The fourth-order valence-electron chi connectivity index (χ4n) is 2.57. The van der Waals surface area contributed by atoms with Crippen molar-refractivity contribution in [1.82, 2.24) is 0 Å². The molecule has 1 N–H and O–H groups in total. The molecule has 2 nitrogen and oxygen atoms in total. The van der Waals surface area contributed by atoms with E-state index in [1.807, 2.05) is 0 Å². The van der Waals surface area contributed by atoms with Crippen LogP contribution >= 0.6 is 0 Å². The minimum absolute atomic E-state index is 0.870. The second-order valence-electron chi connectivity index (χ2n) is 5.68. The topological polar surface area (TPSA) is 15.3 Å². The molecule has 2 heteroatoms. The Morgan fingerprint density at radius 3 is 2.20 bits per heavy atom. The number of nitrogens with zero attached hydrogens (tertiary/aromatic N) is 1. The van der Waals surface area contributed by atoms with Gasteiger partial charge in [-0.15, -0.1) is 0 Å². The quantitative estimate of drug-likeness (QED) is 0.890. The fraction of sp³-hybridized carbons (Fsp3) is 0.333. The van der Waals surface area contributed by atoms with Crippen LogP contribution in [0.5, 0.6) is 0 Å². The van der Waals surface area contributed by atoms with E-state index in [2.05, 4.69) is 81.5 Å². The summed E-state index contributed by atoms with van der Waals surface area (Å²) in [6.45, 7) is 7.40. The van der Waals surface area contributed by atoms with Gasteiger partial charge in [-0.05, 0) is 55.7 Å². The van der Waals surface area contributed by atoms with E-state index >= 15 is 0 Å². The largest absolute Gasteiger partial charge is 0.381 e. The molecule has 0 saturated heterocycles. The molecule has 0 aliphatic carbocycles. The van der Waals surface area contributed by atoms with Crippen LogP contribution in [0.2, 0.25) is 0 Å². The normalized spacial score (nSPS) is 10.4. The van der Waals surface area contributed by atoms with Gasteiger partial charge in [0.2, 0.25) is 0 Å². The molecule has 0 aromatic heterocycles. The number of hydrogen-bond acceptors (Lipinski definition) is 2. The molecule has 2 aromatic carbocycles.